The van der Waals surface area contributed by atoms with Crippen LogP contribution in [0.2, 0.25) is 0 Å². The zero-order valence-corrected chi connectivity index (χ0v) is 19.3. The SMILES string of the molecule is CONC=CNC(=O)c1ccc(C2=CC(c3ccc(F)c(C(F)(F)F)c3)(C(F)(F)F)ON2)c2ccccc12. The second-order valence-electron chi connectivity index (χ2n) is 8.02. The highest BCUT2D eigenvalue weighted by atomic mass is 19.4. The van der Waals surface area contributed by atoms with Crippen molar-refractivity contribution < 1.29 is 45.2 Å². The van der Waals surface area contributed by atoms with Gasteiger partial charge in [0.25, 0.3) is 5.91 Å². The van der Waals surface area contributed by atoms with E-state index in [4.69, 9.17) is 4.84 Å². The molecule has 0 saturated carbocycles. The number of fused-ring (bicyclic) bond motifs is 1. The van der Waals surface area contributed by atoms with E-state index in [1.807, 2.05) is 0 Å². The number of hydroxylamine groups is 2. The molecule has 1 aliphatic heterocycles. The molecule has 6 nitrogen and oxygen atoms in total. The lowest BCUT2D eigenvalue weighted by molar-refractivity contribution is -0.269. The molecule has 0 fully saturated rings. The highest BCUT2D eigenvalue weighted by Crippen LogP contribution is 2.49. The van der Waals surface area contributed by atoms with Crippen LogP contribution in [0.4, 0.5) is 30.7 Å². The number of nitrogens with one attached hydrogen (secondary N) is 3. The topological polar surface area (TPSA) is 71.6 Å². The van der Waals surface area contributed by atoms with Crippen LogP contribution < -0.4 is 16.3 Å². The summed E-state index contributed by atoms with van der Waals surface area (Å²) >= 11 is 0. The predicted octanol–water partition coefficient (Wildman–Crippen LogP) is 5.68. The Kier molecular flexibility index (Phi) is 7.08. The lowest BCUT2D eigenvalue weighted by atomic mass is 9.89. The van der Waals surface area contributed by atoms with Gasteiger partial charge in [0.1, 0.15) is 5.82 Å². The van der Waals surface area contributed by atoms with Gasteiger partial charge in [0.05, 0.1) is 18.4 Å². The summed E-state index contributed by atoms with van der Waals surface area (Å²) in [7, 11) is 1.37. The molecule has 3 aromatic carbocycles. The highest BCUT2D eigenvalue weighted by molar-refractivity contribution is 6.10. The van der Waals surface area contributed by atoms with Gasteiger partial charge >= 0.3 is 12.4 Å². The molecular formula is C25H18F7N3O3. The average Bonchev–Trinajstić information content (AvgIpc) is 3.32. The van der Waals surface area contributed by atoms with Gasteiger partial charge in [-0.3, -0.25) is 25.4 Å². The quantitative estimate of drug-likeness (QED) is 0.277. The molecule has 1 aliphatic rings. The van der Waals surface area contributed by atoms with Crippen molar-refractivity contribution in [2.75, 3.05) is 7.11 Å². The summed E-state index contributed by atoms with van der Waals surface area (Å²) in [5.74, 6) is -2.25. The van der Waals surface area contributed by atoms with Crippen LogP contribution in [0.1, 0.15) is 27.0 Å². The van der Waals surface area contributed by atoms with Gasteiger partial charge in [-0.2, -0.15) is 26.3 Å². The van der Waals surface area contributed by atoms with Crippen molar-refractivity contribution in [2.24, 2.45) is 0 Å². The third kappa shape index (κ3) is 4.89. The largest absolute Gasteiger partial charge is 0.428 e. The Morgan fingerprint density at radius 2 is 1.71 bits per heavy atom. The average molecular weight is 541 g/mol. The van der Waals surface area contributed by atoms with Crippen LogP contribution >= 0.6 is 0 Å². The molecule has 38 heavy (non-hydrogen) atoms. The van der Waals surface area contributed by atoms with E-state index >= 15 is 0 Å². The van der Waals surface area contributed by atoms with E-state index in [1.54, 1.807) is 24.3 Å². The van der Waals surface area contributed by atoms with Crippen molar-refractivity contribution in [2.45, 2.75) is 18.0 Å². The van der Waals surface area contributed by atoms with E-state index in [0.29, 0.717) is 29.0 Å². The minimum Gasteiger partial charge on any atom is -0.327 e. The first-order valence-corrected chi connectivity index (χ1v) is 10.8. The molecule has 0 saturated heterocycles. The van der Waals surface area contributed by atoms with E-state index in [2.05, 4.69) is 21.1 Å². The fourth-order valence-corrected chi connectivity index (χ4v) is 3.98. The Hall–Kier alpha value is -4.10. The fourth-order valence-electron chi connectivity index (χ4n) is 3.98. The molecule has 200 valence electrons. The normalized spacial score (nSPS) is 17.9. The number of rotatable bonds is 6. The smallest absolute Gasteiger partial charge is 0.327 e. The second kappa shape index (κ2) is 9.99. The van der Waals surface area contributed by atoms with E-state index in [0.717, 1.165) is 0 Å². The maximum Gasteiger partial charge on any atom is 0.428 e. The third-order valence-electron chi connectivity index (χ3n) is 5.73. The first-order chi connectivity index (χ1) is 17.9. The zero-order chi connectivity index (χ0) is 27.7. The van der Waals surface area contributed by atoms with Gasteiger partial charge in [-0.25, -0.2) is 4.39 Å². The predicted molar refractivity (Wildman–Crippen MR) is 122 cm³/mol. The molecular weight excluding hydrogens is 523 g/mol. The molecule has 0 bridgehead atoms. The number of carbonyl (C=O) groups excluding carboxylic acids is 1. The molecule has 4 rings (SSSR count). The fraction of sp³-hybridized carbons (Fsp3) is 0.160. The lowest BCUT2D eigenvalue weighted by Gasteiger charge is -2.29. The number of benzene rings is 3. The standard InChI is InChI=1S/C25H18F7N3O3/c1-37-34-11-10-33-22(36)18-8-7-17(15-4-2-3-5-16(15)18)21-13-23(38-35-21,25(30,31)32)14-6-9-20(26)19(12-14)24(27,28)29/h2-13,34-35H,1H3,(H,33,36). The Balaban J connectivity index is 1.82. The van der Waals surface area contributed by atoms with Crippen LogP contribution in [0.5, 0.6) is 0 Å². The number of hydrogen-bond acceptors (Lipinski definition) is 5. The molecule has 1 unspecified atom stereocenters. The molecule has 0 aromatic heterocycles. The minimum absolute atomic E-state index is 0.0709. The molecule has 13 heteroatoms. The molecule has 0 radical (unpaired) electrons. The summed E-state index contributed by atoms with van der Waals surface area (Å²) in [6, 6.07) is 10.1. The lowest BCUT2D eigenvalue weighted by Crippen LogP contribution is -2.42. The number of amides is 1. The Morgan fingerprint density at radius 3 is 2.37 bits per heavy atom. The minimum atomic E-state index is -5.24. The van der Waals surface area contributed by atoms with Crippen molar-refractivity contribution in [3.63, 3.8) is 0 Å². The molecule has 1 atom stereocenters. The van der Waals surface area contributed by atoms with Gasteiger partial charge in [-0.1, -0.05) is 36.4 Å². The van der Waals surface area contributed by atoms with Crippen molar-refractivity contribution in [3.8, 4) is 0 Å². The monoisotopic (exact) mass is 541 g/mol. The second-order valence-corrected chi connectivity index (χ2v) is 8.02. The van der Waals surface area contributed by atoms with Crippen molar-refractivity contribution >= 4 is 22.4 Å². The van der Waals surface area contributed by atoms with Crippen LogP contribution in [0.15, 0.2) is 73.1 Å². The molecule has 0 spiro atoms. The zero-order valence-electron chi connectivity index (χ0n) is 19.3. The molecule has 3 N–H and O–H groups in total. The third-order valence-corrected chi connectivity index (χ3v) is 5.73. The van der Waals surface area contributed by atoms with Gasteiger partial charge in [-0.15, -0.1) is 0 Å². The number of carbonyl (C=O) groups is 1. The summed E-state index contributed by atoms with van der Waals surface area (Å²) in [5.41, 5.74) is -1.48. The highest BCUT2D eigenvalue weighted by Gasteiger charge is 2.60. The number of hydrogen-bond donors (Lipinski definition) is 3. The van der Waals surface area contributed by atoms with Gasteiger partial charge in [-0.05, 0) is 35.0 Å². The van der Waals surface area contributed by atoms with E-state index in [1.165, 1.54) is 31.6 Å². The molecule has 1 heterocycles. The summed E-state index contributed by atoms with van der Waals surface area (Å²) < 4.78 is 96.4. The number of halogens is 7. The molecule has 3 aromatic rings. The van der Waals surface area contributed by atoms with Crippen LogP contribution in [-0.2, 0) is 21.5 Å². The van der Waals surface area contributed by atoms with Crippen molar-refractivity contribution in [1.82, 2.24) is 16.3 Å². The van der Waals surface area contributed by atoms with E-state index in [-0.39, 0.29) is 22.9 Å². The Bertz CT molecular complexity index is 1430. The van der Waals surface area contributed by atoms with Crippen LogP contribution in [0, 0.1) is 5.82 Å². The molecule has 0 aliphatic carbocycles. The maximum atomic E-state index is 14.3. The van der Waals surface area contributed by atoms with Gasteiger partial charge < -0.3 is 5.32 Å². The summed E-state index contributed by atoms with van der Waals surface area (Å²) in [6.45, 7) is 0. The van der Waals surface area contributed by atoms with Crippen LogP contribution in [-0.4, -0.2) is 19.2 Å². The molecule has 1 amide bonds. The van der Waals surface area contributed by atoms with E-state index in [9.17, 15) is 35.5 Å². The van der Waals surface area contributed by atoms with Gasteiger partial charge in [0, 0.05) is 29.1 Å². The first kappa shape index (κ1) is 26.9. The number of alkyl halides is 6. The van der Waals surface area contributed by atoms with Gasteiger partial charge in [0.15, 0.2) is 0 Å². The Morgan fingerprint density at radius 1 is 1.00 bits per heavy atom. The summed E-state index contributed by atoms with van der Waals surface area (Å²) in [5, 5.41) is 3.24. The van der Waals surface area contributed by atoms with Crippen molar-refractivity contribution in [1.29, 1.82) is 0 Å². The maximum absolute atomic E-state index is 14.3. The Labute approximate surface area is 210 Å². The first-order valence-electron chi connectivity index (χ1n) is 10.8. The van der Waals surface area contributed by atoms with Crippen LogP contribution in [0.3, 0.4) is 0 Å². The van der Waals surface area contributed by atoms with Crippen molar-refractivity contribution in [3.05, 3.63) is 101 Å². The van der Waals surface area contributed by atoms with E-state index < -0.39 is 40.8 Å². The van der Waals surface area contributed by atoms with Gasteiger partial charge in [0.2, 0.25) is 5.60 Å². The summed E-state index contributed by atoms with van der Waals surface area (Å²) in [6.07, 6.45) is -7.29. The van der Waals surface area contributed by atoms with Crippen LogP contribution in [0.25, 0.3) is 16.5 Å². The summed E-state index contributed by atoms with van der Waals surface area (Å²) in [4.78, 5) is 22.2.